The summed E-state index contributed by atoms with van der Waals surface area (Å²) in [5.41, 5.74) is 9.41. The molecule has 6 aliphatic rings. The number of primary amides is 2. The van der Waals surface area contributed by atoms with Crippen molar-refractivity contribution < 1.29 is 52.7 Å². The molecule has 0 radical (unpaired) electrons. The Kier molecular flexibility index (Phi) is 22.1. The van der Waals surface area contributed by atoms with E-state index in [2.05, 4.69) is 27.7 Å². The first kappa shape index (κ1) is 63.5. The van der Waals surface area contributed by atoms with Gasteiger partial charge in [0.05, 0.1) is 18.0 Å². The van der Waals surface area contributed by atoms with Crippen LogP contribution in [-0.2, 0) is 52.7 Å². The van der Waals surface area contributed by atoms with Gasteiger partial charge in [-0.1, -0.05) is 158 Å². The summed E-state index contributed by atoms with van der Waals surface area (Å²) in [6.45, 7) is 22.7. The topological polar surface area (TPSA) is 238 Å². The van der Waals surface area contributed by atoms with E-state index in [9.17, 15) is 47.9 Å². The van der Waals surface area contributed by atoms with E-state index in [1.807, 2.05) is 27.7 Å². The first-order chi connectivity index (χ1) is 35.9. The maximum atomic E-state index is 14.3. The molecule has 15 nitrogen and oxygen atoms in total. The second-order valence-corrected chi connectivity index (χ2v) is 27.8. The van der Waals surface area contributed by atoms with Crippen LogP contribution >= 0.6 is 0 Å². The second kappa shape index (κ2) is 26.8. The minimum atomic E-state index is -1.02. The van der Waals surface area contributed by atoms with Gasteiger partial charge in [0.15, 0.2) is 11.6 Å². The van der Waals surface area contributed by atoms with Crippen molar-refractivity contribution in [2.24, 2.45) is 81.0 Å². The third kappa shape index (κ3) is 16.6. The fourth-order valence-corrected chi connectivity index (χ4v) is 13.9. The first-order valence-electron chi connectivity index (χ1n) is 30.0. The van der Waals surface area contributed by atoms with Crippen LogP contribution < -0.4 is 11.5 Å². The van der Waals surface area contributed by atoms with Gasteiger partial charge >= 0.3 is 5.97 Å². The first-order valence-corrected chi connectivity index (χ1v) is 30.0. The molecule has 0 spiro atoms. The van der Waals surface area contributed by atoms with Crippen LogP contribution in [0.25, 0.3) is 0 Å². The van der Waals surface area contributed by atoms with E-state index in [0.717, 1.165) is 96.3 Å². The number of nitrogens with two attached hydrogens (primary N) is 2. The summed E-state index contributed by atoms with van der Waals surface area (Å²) in [4.78, 5) is 134. The predicted molar refractivity (Wildman–Crippen MR) is 295 cm³/mol. The lowest BCUT2D eigenvalue weighted by molar-refractivity contribution is -0.165. The molecule has 2 unspecified atom stereocenters. The summed E-state index contributed by atoms with van der Waals surface area (Å²) < 4.78 is 5.67. The number of hydrogen-bond acceptors (Lipinski definition) is 11. The minimum absolute atomic E-state index is 0.00708. The second-order valence-electron chi connectivity index (χ2n) is 27.8. The number of hydrogen-bond donors (Lipinski definition) is 2. The zero-order chi connectivity index (χ0) is 57.4. The molecule has 4 amide bonds. The maximum absolute atomic E-state index is 14.3. The molecule has 77 heavy (non-hydrogen) atoms. The number of esters is 1. The Hall–Kier alpha value is -4.30. The number of piperidine rings is 2. The number of carbonyl (C=O) groups excluding carboxylic acids is 10. The van der Waals surface area contributed by atoms with Crippen molar-refractivity contribution in [3.63, 3.8) is 0 Å². The Morgan fingerprint density at radius 2 is 0.922 bits per heavy atom. The minimum Gasteiger partial charge on any atom is -0.460 e. The third-order valence-electron chi connectivity index (χ3n) is 19.0. The standard InChI is InChI=1S/C37H60N2O7.C25H40N2O4/c1-35(2,3)26(34(45)46-36(4,5)6)21-25(40)19-24-18-16-14-12-10-9-11-13-15-17-23(31(42)32(38)43)20-28(41)30-29-27(37(29,7)8)22-39(30)33(24)44;1-16-12-10-8-6-4-5-7-9-11-13-17(22(29)23(26)30)14-19(28)21-20-18(25(20,2)3)15-27(21)24(16)31/h23-24,26-27,29-30H,9-22H2,1-8H3,(H2,38,43);16-18,20-21H,4-15H2,1-3H3,(H2,26,30)/t23-,24-,26?,27+,29+,30-;16-,17+,18-,20-,21?/m10/s1. The lowest BCUT2D eigenvalue weighted by Crippen LogP contribution is -2.49. The number of ether oxygens (including phenoxy) is 1. The van der Waals surface area contributed by atoms with Crippen molar-refractivity contribution in [2.75, 3.05) is 13.1 Å². The van der Waals surface area contributed by atoms with Crippen molar-refractivity contribution in [3.05, 3.63) is 0 Å². The molecule has 11 atom stereocenters. The van der Waals surface area contributed by atoms with Gasteiger partial charge < -0.3 is 26.0 Å². The highest BCUT2D eigenvalue weighted by Gasteiger charge is 2.70. The van der Waals surface area contributed by atoms with Crippen molar-refractivity contribution >= 4 is 58.5 Å². The van der Waals surface area contributed by atoms with Gasteiger partial charge in [-0.2, -0.15) is 0 Å². The van der Waals surface area contributed by atoms with Crippen LogP contribution in [0.4, 0.5) is 0 Å². The Bertz CT molecular complexity index is 2170. The van der Waals surface area contributed by atoms with Gasteiger partial charge in [-0.05, 0) is 86.4 Å². The van der Waals surface area contributed by atoms with Crippen molar-refractivity contribution in [3.8, 4) is 0 Å². The fraction of sp³-hybridized carbons (Fsp3) is 0.839. The molecular weight excluding hydrogens is 977 g/mol. The molecule has 4 N–H and O–H groups in total. The van der Waals surface area contributed by atoms with Gasteiger partial charge in [-0.15, -0.1) is 0 Å². The average Bonchev–Trinajstić information content (AvgIpc) is 3.83. The molecule has 0 aromatic heterocycles. The molecule has 4 saturated heterocycles. The van der Waals surface area contributed by atoms with Crippen LogP contribution in [-0.4, -0.2) is 99.1 Å². The summed E-state index contributed by atoms with van der Waals surface area (Å²) in [5.74, 6) is -6.43. The smallest absolute Gasteiger partial charge is 0.310 e. The van der Waals surface area contributed by atoms with E-state index in [0.29, 0.717) is 38.3 Å². The normalized spacial score (nSPS) is 31.3. The molecule has 4 aliphatic heterocycles. The Morgan fingerprint density at radius 3 is 1.30 bits per heavy atom. The zero-order valence-corrected chi connectivity index (χ0v) is 49.3. The van der Waals surface area contributed by atoms with E-state index in [4.69, 9.17) is 16.2 Å². The van der Waals surface area contributed by atoms with Crippen LogP contribution in [0.15, 0.2) is 0 Å². The third-order valence-corrected chi connectivity index (χ3v) is 19.0. The number of fused-ring (bicyclic) bond motifs is 6. The number of rotatable bonds is 9. The highest BCUT2D eigenvalue weighted by atomic mass is 16.6. The number of amides is 4. The molecule has 434 valence electrons. The quantitative estimate of drug-likeness (QED) is 0.163. The van der Waals surface area contributed by atoms with Crippen molar-refractivity contribution in [1.82, 2.24) is 9.80 Å². The zero-order valence-electron chi connectivity index (χ0n) is 49.3. The summed E-state index contributed by atoms with van der Waals surface area (Å²) >= 11 is 0. The number of carbonyl (C=O) groups is 10. The molecule has 6 fully saturated rings. The molecule has 4 heterocycles. The van der Waals surface area contributed by atoms with Gasteiger partial charge in [0, 0.05) is 62.4 Å². The molecular formula is C62H100N4O11. The predicted octanol–water partition coefficient (Wildman–Crippen LogP) is 9.63. The summed E-state index contributed by atoms with van der Waals surface area (Å²) in [5, 5.41) is 0. The summed E-state index contributed by atoms with van der Waals surface area (Å²) in [6.07, 6.45) is 18.5. The van der Waals surface area contributed by atoms with Crippen LogP contribution in [0.2, 0.25) is 0 Å². The molecule has 0 bridgehead atoms. The van der Waals surface area contributed by atoms with Crippen LogP contribution in [0.3, 0.4) is 0 Å². The van der Waals surface area contributed by atoms with Crippen LogP contribution in [0.5, 0.6) is 0 Å². The van der Waals surface area contributed by atoms with Gasteiger partial charge in [0.2, 0.25) is 23.4 Å². The lowest BCUT2D eigenvalue weighted by Gasteiger charge is -2.34. The summed E-state index contributed by atoms with van der Waals surface area (Å²) in [7, 11) is 0. The van der Waals surface area contributed by atoms with E-state index in [1.165, 1.54) is 12.8 Å². The number of ketones is 5. The summed E-state index contributed by atoms with van der Waals surface area (Å²) in [6, 6.07) is -1.15. The molecule has 15 heteroatoms. The van der Waals surface area contributed by atoms with Gasteiger partial charge in [-0.25, -0.2) is 0 Å². The highest BCUT2D eigenvalue weighted by molar-refractivity contribution is 6.37. The molecule has 0 aromatic carbocycles. The average molecular weight is 1080 g/mol. The molecule has 2 saturated carbocycles. The van der Waals surface area contributed by atoms with E-state index in [-0.39, 0.29) is 89.3 Å². The Morgan fingerprint density at radius 1 is 0.558 bits per heavy atom. The molecule has 6 rings (SSSR count). The van der Waals surface area contributed by atoms with E-state index in [1.54, 1.807) is 30.6 Å². The maximum Gasteiger partial charge on any atom is 0.310 e. The largest absolute Gasteiger partial charge is 0.460 e. The number of Topliss-reactive ketones (excluding diaryl/α,β-unsaturated/α-hetero) is 5. The van der Waals surface area contributed by atoms with Crippen LogP contribution in [0.1, 0.15) is 230 Å². The van der Waals surface area contributed by atoms with Crippen LogP contribution in [0, 0.1) is 69.5 Å². The Labute approximate surface area is 461 Å². The van der Waals surface area contributed by atoms with Crippen molar-refractivity contribution in [1.29, 1.82) is 0 Å². The van der Waals surface area contributed by atoms with Gasteiger partial charge in [-0.3, -0.25) is 47.9 Å². The lowest BCUT2D eigenvalue weighted by atomic mass is 9.76. The number of nitrogens with zero attached hydrogens (tertiary/aromatic N) is 2. The van der Waals surface area contributed by atoms with Gasteiger partial charge in [0.25, 0.3) is 11.8 Å². The van der Waals surface area contributed by atoms with E-state index >= 15 is 0 Å². The fourth-order valence-electron chi connectivity index (χ4n) is 13.9. The monoisotopic (exact) mass is 1080 g/mol. The highest BCUT2D eigenvalue weighted by Crippen LogP contribution is 2.66. The molecule has 2 aliphatic carbocycles. The van der Waals surface area contributed by atoms with E-state index < -0.39 is 76.1 Å². The molecule has 0 aromatic rings. The van der Waals surface area contributed by atoms with Crippen molar-refractivity contribution in [2.45, 2.75) is 248 Å². The van der Waals surface area contributed by atoms with Gasteiger partial charge in [0.1, 0.15) is 11.4 Å². The SMILES string of the molecule is CC(C)(C)OC(=O)C(CC(=O)C[C@H]1CCCCCCCCCC[C@@H](C(=O)C(N)=O)CC(=O)[C@@H]2[C@@H]3[C@H](CN2C1=O)C3(C)C)C(C)(C)C.C[C@H]1CCCCCCCCCC[C@@H](C(=O)C(N)=O)CC(=O)C2[C@@H]3[C@H](CN2C1=O)C3(C)C. The Balaban J connectivity index is 0.000000306.